The Morgan fingerprint density at radius 2 is 2.11 bits per heavy atom. The number of rotatable bonds is 6. The molecule has 0 aromatic carbocycles. The third kappa shape index (κ3) is 2.56. The third-order valence-corrected chi connectivity index (χ3v) is 4.92. The zero-order chi connectivity index (χ0) is 12.7. The lowest BCUT2D eigenvalue weighted by Gasteiger charge is -2.22. The first-order valence-corrected chi connectivity index (χ1v) is 7.97. The summed E-state index contributed by atoms with van der Waals surface area (Å²) in [5.74, 6) is 2.85. The summed E-state index contributed by atoms with van der Waals surface area (Å²) in [7, 11) is 0. The van der Waals surface area contributed by atoms with Crippen molar-refractivity contribution in [1.82, 2.24) is 14.1 Å². The van der Waals surface area contributed by atoms with E-state index in [1.54, 1.807) is 0 Å². The van der Waals surface area contributed by atoms with Crippen LogP contribution in [0.5, 0.6) is 11.8 Å². The predicted molar refractivity (Wildman–Crippen MR) is 71.7 cm³/mol. The van der Waals surface area contributed by atoms with Crippen LogP contribution < -0.4 is 14.8 Å². The summed E-state index contributed by atoms with van der Waals surface area (Å²) in [6.07, 6.45) is 6.47. The van der Waals surface area contributed by atoms with Crippen molar-refractivity contribution in [2.45, 2.75) is 44.2 Å². The molecule has 19 heavy (non-hydrogen) atoms. The number of nitrogens with one attached hydrogen (secondary N) is 1. The van der Waals surface area contributed by atoms with Gasteiger partial charge in [-0.1, -0.05) is 12.8 Å². The van der Waals surface area contributed by atoms with Gasteiger partial charge in [-0.3, -0.25) is 0 Å². The lowest BCUT2D eigenvalue weighted by Crippen LogP contribution is -2.40. The molecular weight excluding hydrogens is 262 g/mol. The van der Waals surface area contributed by atoms with Crippen molar-refractivity contribution in [3.8, 4) is 11.8 Å². The topological polar surface area (TPSA) is 56.3 Å². The molecule has 1 saturated heterocycles. The van der Waals surface area contributed by atoms with Crippen molar-refractivity contribution in [1.29, 1.82) is 0 Å². The van der Waals surface area contributed by atoms with Gasteiger partial charge in [-0.25, -0.2) is 0 Å². The molecule has 4 rings (SSSR count). The van der Waals surface area contributed by atoms with E-state index >= 15 is 0 Å². The first kappa shape index (κ1) is 11.9. The van der Waals surface area contributed by atoms with Gasteiger partial charge in [-0.2, -0.15) is 0 Å². The fourth-order valence-corrected chi connectivity index (χ4v) is 3.58. The first-order chi connectivity index (χ1) is 9.38. The van der Waals surface area contributed by atoms with E-state index in [4.69, 9.17) is 9.47 Å². The number of hydrogen-bond donors (Lipinski definition) is 1. The Morgan fingerprint density at radius 1 is 1.21 bits per heavy atom. The summed E-state index contributed by atoms with van der Waals surface area (Å²) < 4.78 is 20.1. The molecular formula is C13H19N3O2S. The Hall–Kier alpha value is -0.880. The van der Waals surface area contributed by atoms with Crippen LogP contribution in [0.15, 0.2) is 0 Å². The van der Waals surface area contributed by atoms with Gasteiger partial charge in [0.25, 0.3) is 11.8 Å². The molecule has 1 aromatic heterocycles. The van der Waals surface area contributed by atoms with E-state index in [9.17, 15) is 0 Å². The summed E-state index contributed by atoms with van der Waals surface area (Å²) in [5, 5.41) is 3.49. The maximum Gasteiger partial charge on any atom is 0.291 e. The number of fused-ring (bicyclic) bond motifs is 2. The molecule has 2 heterocycles. The summed E-state index contributed by atoms with van der Waals surface area (Å²) in [5.41, 5.74) is 0. The minimum absolute atomic E-state index is 0.244. The molecule has 3 fully saturated rings. The Morgan fingerprint density at radius 3 is 2.84 bits per heavy atom. The highest BCUT2D eigenvalue weighted by Gasteiger charge is 2.41. The lowest BCUT2D eigenvalue weighted by atomic mass is 10.1. The van der Waals surface area contributed by atoms with Crippen molar-refractivity contribution in [2.24, 2.45) is 11.8 Å². The molecule has 104 valence electrons. The minimum Gasteiger partial charge on any atom is -0.473 e. The third-order valence-electron chi connectivity index (χ3n) is 4.43. The highest BCUT2D eigenvalue weighted by molar-refractivity contribution is 6.99. The fraction of sp³-hybridized carbons (Fsp3) is 0.846. The molecule has 2 bridgehead atoms. The van der Waals surface area contributed by atoms with Gasteiger partial charge in [0.05, 0.1) is 18.3 Å². The highest BCUT2D eigenvalue weighted by Crippen LogP contribution is 2.36. The second kappa shape index (κ2) is 4.90. The quantitative estimate of drug-likeness (QED) is 0.862. The summed E-state index contributed by atoms with van der Waals surface area (Å²) in [4.78, 5) is 0. The summed E-state index contributed by atoms with van der Waals surface area (Å²) >= 11 is 1.17. The van der Waals surface area contributed by atoms with Gasteiger partial charge in [-0.15, -0.1) is 8.75 Å². The minimum atomic E-state index is 0.244. The number of ether oxygens (including phenoxy) is 2. The lowest BCUT2D eigenvalue weighted by molar-refractivity contribution is 0.144. The predicted octanol–water partition coefficient (Wildman–Crippen LogP) is 1.85. The molecule has 0 amide bonds. The largest absolute Gasteiger partial charge is 0.473 e. The molecule has 3 unspecified atom stereocenters. The SMILES string of the molecule is C(CC1CC1)Oc1nsnc1OC1CC2CNC1C2. The van der Waals surface area contributed by atoms with Gasteiger partial charge in [0.2, 0.25) is 0 Å². The molecule has 0 radical (unpaired) electrons. The monoisotopic (exact) mass is 281 g/mol. The first-order valence-electron chi connectivity index (χ1n) is 7.24. The van der Waals surface area contributed by atoms with Crippen LogP contribution in [0.25, 0.3) is 0 Å². The highest BCUT2D eigenvalue weighted by atomic mass is 32.1. The van der Waals surface area contributed by atoms with E-state index in [1.165, 1.54) is 31.0 Å². The molecule has 3 aliphatic rings. The normalized spacial score (nSPS) is 32.7. The standard InChI is InChI=1S/C13H19N3O2S/c1-2-8(1)3-4-17-12-13(16-19-15-12)18-11-6-9-5-10(11)14-7-9/h8-11,14H,1-7H2. The van der Waals surface area contributed by atoms with Crippen molar-refractivity contribution in [2.75, 3.05) is 13.2 Å². The zero-order valence-electron chi connectivity index (χ0n) is 10.9. The van der Waals surface area contributed by atoms with Crippen molar-refractivity contribution >= 4 is 11.7 Å². The number of nitrogens with zero attached hydrogens (tertiary/aromatic N) is 2. The zero-order valence-corrected chi connectivity index (χ0v) is 11.7. The van der Waals surface area contributed by atoms with E-state index in [-0.39, 0.29) is 6.10 Å². The number of piperidine rings is 1. The van der Waals surface area contributed by atoms with Gasteiger partial charge >= 0.3 is 0 Å². The van der Waals surface area contributed by atoms with E-state index in [0.717, 1.165) is 37.8 Å². The fourth-order valence-electron chi connectivity index (χ4n) is 3.13. The van der Waals surface area contributed by atoms with Crippen molar-refractivity contribution in [3.05, 3.63) is 0 Å². The van der Waals surface area contributed by atoms with Crippen LogP contribution in [0, 0.1) is 11.8 Å². The smallest absolute Gasteiger partial charge is 0.291 e. The Balaban J connectivity index is 1.34. The average Bonchev–Trinajstić information content (AvgIpc) is 2.84. The number of hydrogen-bond acceptors (Lipinski definition) is 6. The van der Waals surface area contributed by atoms with Gasteiger partial charge in [-0.05, 0) is 37.6 Å². The molecule has 2 saturated carbocycles. The summed E-state index contributed by atoms with van der Waals surface area (Å²) in [6, 6.07) is 0.492. The van der Waals surface area contributed by atoms with Gasteiger partial charge in [0, 0.05) is 6.04 Å². The van der Waals surface area contributed by atoms with Crippen LogP contribution in [0.1, 0.15) is 32.1 Å². The Labute approximate surface area is 117 Å². The maximum absolute atomic E-state index is 6.00. The van der Waals surface area contributed by atoms with Crippen LogP contribution in [0.3, 0.4) is 0 Å². The summed E-state index contributed by atoms with van der Waals surface area (Å²) in [6.45, 7) is 1.88. The maximum atomic E-state index is 6.00. The molecule has 1 N–H and O–H groups in total. The van der Waals surface area contributed by atoms with E-state index in [2.05, 4.69) is 14.1 Å². The van der Waals surface area contributed by atoms with E-state index in [0.29, 0.717) is 17.8 Å². The van der Waals surface area contributed by atoms with E-state index < -0.39 is 0 Å². The second-order valence-electron chi connectivity index (χ2n) is 5.96. The molecule has 2 aliphatic carbocycles. The molecule has 1 aromatic rings. The van der Waals surface area contributed by atoms with Crippen LogP contribution in [0.4, 0.5) is 0 Å². The van der Waals surface area contributed by atoms with Crippen molar-refractivity contribution < 1.29 is 9.47 Å². The molecule has 6 heteroatoms. The molecule has 5 nitrogen and oxygen atoms in total. The second-order valence-corrected chi connectivity index (χ2v) is 6.49. The number of aromatic nitrogens is 2. The van der Waals surface area contributed by atoms with Gasteiger partial charge in [0.15, 0.2) is 0 Å². The molecule has 3 atom stereocenters. The van der Waals surface area contributed by atoms with Crippen LogP contribution >= 0.6 is 11.7 Å². The van der Waals surface area contributed by atoms with Crippen molar-refractivity contribution in [3.63, 3.8) is 0 Å². The van der Waals surface area contributed by atoms with Gasteiger partial charge < -0.3 is 14.8 Å². The van der Waals surface area contributed by atoms with Crippen LogP contribution in [-0.4, -0.2) is 34.0 Å². The average molecular weight is 281 g/mol. The van der Waals surface area contributed by atoms with Gasteiger partial charge in [0.1, 0.15) is 6.10 Å². The Kier molecular flexibility index (Phi) is 3.07. The molecule has 1 aliphatic heterocycles. The van der Waals surface area contributed by atoms with Crippen LogP contribution in [0.2, 0.25) is 0 Å². The molecule has 0 spiro atoms. The van der Waals surface area contributed by atoms with Crippen LogP contribution in [-0.2, 0) is 0 Å². The van der Waals surface area contributed by atoms with E-state index in [1.807, 2.05) is 0 Å². The Bertz CT molecular complexity index is 449.